The Hall–Kier alpha value is -4.04. The van der Waals surface area contributed by atoms with E-state index < -0.39 is 11.0 Å². The number of benzene rings is 3. The molecule has 0 saturated carbocycles. The van der Waals surface area contributed by atoms with Crippen LogP contribution >= 0.6 is 0 Å². The zero-order valence-electron chi connectivity index (χ0n) is 17.8. The molecule has 1 aliphatic heterocycles. The molecule has 8 heteroatoms. The third-order valence-corrected chi connectivity index (χ3v) is 5.39. The topological polar surface area (TPSA) is 111 Å². The second-order valence-corrected chi connectivity index (χ2v) is 7.73. The molecular formula is C25H23N3O5. The fourth-order valence-electron chi connectivity index (χ4n) is 3.69. The number of nitrogens with one attached hydrogen (secondary N) is 2. The molecule has 1 fully saturated rings. The standard InChI is InChI=1S/C25H23N3O5/c29-24(18-7-2-1-3-8-18)19-11-12-21(22(15-19)28(31)32)26-16-17-6-4-9-20(14-17)27-25(30)23-10-5-13-33-23/h1-4,6-9,11-12,14-15,23,26H,5,10,13,16H2,(H,27,30). The predicted octanol–water partition coefficient (Wildman–Crippen LogP) is 4.56. The predicted molar refractivity (Wildman–Crippen MR) is 124 cm³/mol. The van der Waals surface area contributed by atoms with Crippen molar-refractivity contribution < 1.29 is 19.2 Å². The SMILES string of the molecule is O=C(c1ccccc1)c1ccc(NCc2cccc(NC(=O)C3CCCO3)c2)c([N+](=O)[O-])c1. The maximum Gasteiger partial charge on any atom is 0.293 e. The molecule has 2 N–H and O–H groups in total. The average molecular weight is 445 g/mol. The Kier molecular flexibility index (Phi) is 6.75. The molecule has 1 heterocycles. The molecule has 1 atom stereocenters. The first-order valence-electron chi connectivity index (χ1n) is 10.6. The first kappa shape index (κ1) is 22.2. The fraction of sp³-hybridized carbons (Fsp3) is 0.200. The Morgan fingerprint density at radius 1 is 1.00 bits per heavy atom. The first-order chi connectivity index (χ1) is 16.0. The van der Waals surface area contributed by atoms with Gasteiger partial charge in [-0.15, -0.1) is 0 Å². The summed E-state index contributed by atoms with van der Waals surface area (Å²) >= 11 is 0. The number of nitro benzene ring substituents is 1. The van der Waals surface area contributed by atoms with Gasteiger partial charge in [0.15, 0.2) is 5.78 Å². The summed E-state index contributed by atoms with van der Waals surface area (Å²) in [5.41, 5.74) is 2.30. The number of anilines is 2. The van der Waals surface area contributed by atoms with Crippen LogP contribution in [0.1, 0.15) is 34.3 Å². The van der Waals surface area contributed by atoms with Crippen molar-refractivity contribution in [2.75, 3.05) is 17.2 Å². The number of carbonyl (C=O) groups is 2. The normalized spacial score (nSPS) is 15.1. The van der Waals surface area contributed by atoms with Crippen molar-refractivity contribution in [2.24, 2.45) is 0 Å². The third-order valence-electron chi connectivity index (χ3n) is 5.39. The van der Waals surface area contributed by atoms with Crippen molar-refractivity contribution in [1.82, 2.24) is 0 Å². The van der Waals surface area contributed by atoms with Crippen LogP contribution in [0.3, 0.4) is 0 Å². The Labute approximate surface area is 190 Å². The van der Waals surface area contributed by atoms with Crippen LogP contribution in [0, 0.1) is 10.1 Å². The number of ether oxygens (including phenoxy) is 1. The van der Waals surface area contributed by atoms with Crippen molar-refractivity contribution in [2.45, 2.75) is 25.5 Å². The molecule has 0 aliphatic carbocycles. The van der Waals surface area contributed by atoms with E-state index in [1.165, 1.54) is 12.1 Å². The highest BCUT2D eigenvalue weighted by atomic mass is 16.6. The lowest BCUT2D eigenvalue weighted by atomic mass is 10.0. The molecule has 0 bridgehead atoms. The lowest BCUT2D eigenvalue weighted by molar-refractivity contribution is -0.384. The van der Waals surface area contributed by atoms with Gasteiger partial charge in [0.1, 0.15) is 11.8 Å². The van der Waals surface area contributed by atoms with E-state index in [4.69, 9.17) is 4.74 Å². The van der Waals surface area contributed by atoms with Crippen molar-refractivity contribution in [3.63, 3.8) is 0 Å². The fourth-order valence-corrected chi connectivity index (χ4v) is 3.69. The van der Waals surface area contributed by atoms with Crippen molar-refractivity contribution in [1.29, 1.82) is 0 Å². The maximum absolute atomic E-state index is 12.6. The molecule has 168 valence electrons. The molecule has 3 aromatic rings. The molecule has 0 spiro atoms. The van der Waals surface area contributed by atoms with Crippen LogP contribution in [0.4, 0.5) is 17.1 Å². The van der Waals surface area contributed by atoms with Gasteiger partial charge in [0, 0.05) is 36.0 Å². The number of nitrogens with zero attached hydrogens (tertiary/aromatic N) is 1. The molecule has 0 aromatic heterocycles. The molecule has 1 amide bonds. The highest BCUT2D eigenvalue weighted by Crippen LogP contribution is 2.27. The van der Waals surface area contributed by atoms with Crippen LogP contribution in [-0.2, 0) is 16.1 Å². The number of ketones is 1. The summed E-state index contributed by atoms with van der Waals surface area (Å²) in [5, 5.41) is 17.6. The summed E-state index contributed by atoms with van der Waals surface area (Å²) < 4.78 is 5.40. The zero-order valence-corrected chi connectivity index (χ0v) is 17.8. The van der Waals surface area contributed by atoms with Gasteiger partial charge in [-0.3, -0.25) is 19.7 Å². The average Bonchev–Trinajstić information content (AvgIpc) is 3.38. The second kappa shape index (κ2) is 10.1. The Balaban J connectivity index is 1.46. The summed E-state index contributed by atoms with van der Waals surface area (Å²) in [7, 11) is 0. The smallest absolute Gasteiger partial charge is 0.293 e. The lowest BCUT2D eigenvalue weighted by Crippen LogP contribution is -2.26. The van der Waals surface area contributed by atoms with Crippen LogP contribution in [0.5, 0.6) is 0 Å². The molecule has 33 heavy (non-hydrogen) atoms. The van der Waals surface area contributed by atoms with E-state index >= 15 is 0 Å². The zero-order chi connectivity index (χ0) is 23.2. The van der Waals surface area contributed by atoms with Gasteiger partial charge in [0.25, 0.3) is 11.6 Å². The van der Waals surface area contributed by atoms with Gasteiger partial charge >= 0.3 is 0 Å². The second-order valence-electron chi connectivity index (χ2n) is 7.73. The number of hydrogen-bond acceptors (Lipinski definition) is 6. The van der Waals surface area contributed by atoms with Gasteiger partial charge in [0.2, 0.25) is 0 Å². The van der Waals surface area contributed by atoms with Gasteiger partial charge in [-0.05, 0) is 42.7 Å². The maximum atomic E-state index is 12.6. The van der Waals surface area contributed by atoms with Crippen LogP contribution in [0.25, 0.3) is 0 Å². The van der Waals surface area contributed by atoms with E-state index in [0.29, 0.717) is 36.5 Å². The third kappa shape index (κ3) is 5.42. The van der Waals surface area contributed by atoms with Crippen LogP contribution < -0.4 is 10.6 Å². The van der Waals surface area contributed by atoms with Crippen LogP contribution in [-0.4, -0.2) is 29.3 Å². The van der Waals surface area contributed by atoms with E-state index in [9.17, 15) is 19.7 Å². The first-order valence-corrected chi connectivity index (χ1v) is 10.6. The molecule has 8 nitrogen and oxygen atoms in total. The van der Waals surface area contributed by atoms with Crippen LogP contribution in [0.2, 0.25) is 0 Å². The van der Waals surface area contributed by atoms with E-state index in [0.717, 1.165) is 12.0 Å². The van der Waals surface area contributed by atoms with Crippen molar-refractivity contribution in [3.8, 4) is 0 Å². The van der Waals surface area contributed by atoms with E-state index in [1.54, 1.807) is 54.6 Å². The van der Waals surface area contributed by atoms with Gasteiger partial charge in [-0.25, -0.2) is 0 Å². The van der Waals surface area contributed by atoms with E-state index in [-0.39, 0.29) is 22.9 Å². The minimum absolute atomic E-state index is 0.174. The molecule has 1 unspecified atom stereocenters. The highest BCUT2D eigenvalue weighted by molar-refractivity contribution is 6.09. The van der Waals surface area contributed by atoms with Gasteiger partial charge in [-0.1, -0.05) is 42.5 Å². The highest BCUT2D eigenvalue weighted by Gasteiger charge is 2.23. The number of amides is 1. The summed E-state index contributed by atoms with van der Waals surface area (Å²) in [6.07, 6.45) is 1.15. The summed E-state index contributed by atoms with van der Waals surface area (Å²) in [6.45, 7) is 0.896. The van der Waals surface area contributed by atoms with Gasteiger partial charge < -0.3 is 15.4 Å². The van der Waals surface area contributed by atoms with E-state index in [2.05, 4.69) is 10.6 Å². The molecule has 0 radical (unpaired) electrons. The minimum Gasteiger partial charge on any atom is -0.375 e. The molecular weight excluding hydrogens is 422 g/mol. The Bertz CT molecular complexity index is 1170. The Morgan fingerprint density at radius 3 is 2.55 bits per heavy atom. The largest absolute Gasteiger partial charge is 0.375 e. The lowest BCUT2D eigenvalue weighted by Gasteiger charge is -2.12. The summed E-state index contributed by atoms with van der Waals surface area (Å²) in [6, 6.07) is 20.3. The van der Waals surface area contributed by atoms with Gasteiger partial charge in [0.05, 0.1) is 4.92 Å². The molecule has 1 saturated heterocycles. The molecule has 4 rings (SSSR count). The Morgan fingerprint density at radius 2 is 1.82 bits per heavy atom. The summed E-state index contributed by atoms with van der Waals surface area (Å²) in [4.78, 5) is 36.0. The minimum atomic E-state index is -0.512. The number of hydrogen-bond donors (Lipinski definition) is 2. The number of nitro groups is 1. The van der Waals surface area contributed by atoms with E-state index in [1.807, 2.05) is 6.07 Å². The summed E-state index contributed by atoms with van der Waals surface area (Å²) in [5.74, 6) is -0.452. The van der Waals surface area contributed by atoms with Crippen molar-refractivity contribution >= 4 is 28.8 Å². The van der Waals surface area contributed by atoms with Gasteiger partial charge in [-0.2, -0.15) is 0 Å². The monoisotopic (exact) mass is 445 g/mol. The molecule has 1 aliphatic rings. The van der Waals surface area contributed by atoms with Crippen molar-refractivity contribution in [3.05, 3.63) is 99.6 Å². The number of carbonyl (C=O) groups excluding carboxylic acids is 2. The number of rotatable bonds is 8. The molecule has 3 aromatic carbocycles. The van der Waals surface area contributed by atoms with Crippen LogP contribution in [0.15, 0.2) is 72.8 Å². The quantitative estimate of drug-likeness (QED) is 0.299.